The van der Waals surface area contributed by atoms with Crippen LogP contribution in [0, 0.1) is 11.3 Å². The van der Waals surface area contributed by atoms with E-state index < -0.39 is 9.05 Å². The van der Waals surface area contributed by atoms with E-state index in [2.05, 4.69) is 0 Å². The van der Waals surface area contributed by atoms with Crippen LogP contribution >= 0.6 is 10.7 Å². The Morgan fingerprint density at radius 2 is 1.90 bits per heavy atom. The van der Waals surface area contributed by atoms with E-state index in [0.717, 1.165) is 19.3 Å². The molecule has 0 unspecified atom stereocenters. The summed E-state index contributed by atoms with van der Waals surface area (Å²) in [4.78, 5) is 0. The zero-order valence-electron chi connectivity index (χ0n) is 11.8. The molecule has 0 aliphatic carbocycles. The largest absolute Gasteiger partial charge is 0.493 e. The third kappa shape index (κ3) is 7.21. The Morgan fingerprint density at radius 3 is 2.52 bits per heavy atom. The molecule has 0 bridgehead atoms. The van der Waals surface area contributed by atoms with Crippen LogP contribution < -0.4 is 9.47 Å². The van der Waals surface area contributed by atoms with Crippen molar-refractivity contribution in [2.75, 3.05) is 19.5 Å². The van der Waals surface area contributed by atoms with Crippen LogP contribution in [0.25, 0.3) is 0 Å². The van der Waals surface area contributed by atoms with Crippen LogP contribution in [0.15, 0.2) is 18.2 Å². The van der Waals surface area contributed by atoms with Crippen molar-refractivity contribution in [1.82, 2.24) is 0 Å². The van der Waals surface area contributed by atoms with Gasteiger partial charge in [-0.15, -0.1) is 0 Å². The molecule has 21 heavy (non-hydrogen) atoms. The molecule has 0 amide bonds. The third-order valence-electron chi connectivity index (χ3n) is 2.83. The first-order valence-corrected chi connectivity index (χ1v) is 9.07. The normalized spacial score (nSPS) is 10.9. The maximum atomic E-state index is 10.7. The Hall–Kier alpha value is -1.45. The minimum Gasteiger partial charge on any atom is -0.493 e. The van der Waals surface area contributed by atoms with Crippen molar-refractivity contribution in [3.05, 3.63) is 23.8 Å². The molecule has 7 heteroatoms. The van der Waals surface area contributed by atoms with Crippen LogP contribution in [0.1, 0.15) is 31.2 Å². The fourth-order valence-corrected chi connectivity index (χ4v) is 2.64. The highest BCUT2D eigenvalue weighted by atomic mass is 35.7. The van der Waals surface area contributed by atoms with Gasteiger partial charge in [0.05, 0.1) is 31.1 Å². The molecule has 0 N–H and O–H groups in total. The van der Waals surface area contributed by atoms with E-state index in [1.165, 1.54) is 7.11 Å². The number of halogens is 1. The average Bonchev–Trinajstić information content (AvgIpc) is 2.45. The van der Waals surface area contributed by atoms with Gasteiger partial charge in [0.2, 0.25) is 9.05 Å². The summed E-state index contributed by atoms with van der Waals surface area (Å²) >= 11 is 0. The second-order valence-electron chi connectivity index (χ2n) is 4.48. The number of ether oxygens (including phenoxy) is 2. The van der Waals surface area contributed by atoms with Gasteiger partial charge in [-0.05, 0) is 25.0 Å². The fourth-order valence-electron chi connectivity index (χ4n) is 1.77. The van der Waals surface area contributed by atoms with Gasteiger partial charge in [-0.3, -0.25) is 0 Å². The van der Waals surface area contributed by atoms with E-state index in [1.807, 2.05) is 6.07 Å². The molecular formula is C14H18ClNO4S. The van der Waals surface area contributed by atoms with Crippen molar-refractivity contribution in [3.8, 4) is 17.6 Å². The van der Waals surface area contributed by atoms with Gasteiger partial charge in [-0.25, -0.2) is 8.42 Å². The van der Waals surface area contributed by atoms with Crippen molar-refractivity contribution >= 4 is 19.7 Å². The first kappa shape index (κ1) is 17.6. The summed E-state index contributed by atoms with van der Waals surface area (Å²) < 4.78 is 32.2. The molecule has 0 heterocycles. The predicted octanol–water partition coefficient (Wildman–Crippen LogP) is 3.07. The number of hydrogen-bond donors (Lipinski definition) is 0. The monoisotopic (exact) mass is 331 g/mol. The smallest absolute Gasteiger partial charge is 0.232 e. The first-order valence-electron chi connectivity index (χ1n) is 6.59. The Morgan fingerprint density at radius 1 is 1.19 bits per heavy atom. The molecule has 1 aromatic rings. The molecule has 0 saturated carbocycles. The van der Waals surface area contributed by atoms with Gasteiger partial charge in [0.25, 0.3) is 0 Å². The standard InChI is InChI=1S/C14H18ClNO4S/c1-19-14-10-12(11-16)6-7-13(14)20-8-4-2-3-5-9-21(15,17)18/h6-7,10H,2-5,8-9H2,1H3. The van der Waals surface area contributed by atoms with E-state index in [0.29, 0.717) is 30.1 Å². The minimum atomic E-state index is -3.38. The number of unbranched alkanes of at least 4 members (excludes halogenated alkanes) is 3. The van der Waals surface area contributed by atoms with Crippen LogP contribution in [0.2, 0.25) is 0 Å². The molecule has 0 radical (unpaired) electrons. The lowest BCUT2D eigenvalue weighted by atomic mass is 10.2. The molecule has 0 aliphatic rings. The fraction of sp³-hybridized carbons (Fsp3) is 0.500. The summed E-state index contributed by atoms with van der Waals surface area (Å²) in [5.74, 6) is 1.14. The second-order valence-corrected chi connectivity index (χ2v) is 7.38. The van der Waals surface area contributed by atoms with Gasteiger partial charge < -0.3 is 9.47 Å². The highest BCUT2D eigenvalue weighted by Crippen LogP contribution is 2.28. The summed E-state index contributed by atoms with van der Waals surface area (Å²) in [6.45, 7) is 0.510. The number of rotatable bonds is 9. The number of nitriles is 1. The van der Waals surface area contributed by atoms with E-state index in [4.69, 9.17) is 25.4 Å². The van der Waals surface area contributed by atoms with Crippen molar-refractivity contribution in [1.29, 1.82) is 5.26 Å². The molecule has 0 fully saturated rings. The van der Waals surface area contributed by atoms with Crippen LogP contribution in [-0.2, 0) is 9.05 Å². The molecule has 1 rings (SSSR count). The number of hydrogen-bond acceptors (Lipinski definition) is 5. The van der Waals surface area contributed by atoms with Crippen LogP contribution in [0.3, 0.4) is 0 Å². The molecule has 0 saturated heterocycles. The van der Waals surface area contributed by atoms with E-state index in [1.54, 1.807) is 18.2 Å². The molecule has 5 nitrogen and oxygen atoms in total. The molecule has 116 valence electrons. The van der Waals surface area contributed by atoms with Crippen molar-refractivity contribution in [2.45, 2.75) is 25.7 Å². The van der Waals surface area contributed by atoms with Gasteiger partial charge in [0, 0.05) is 16.7 Å². The summed E-state index contributed by atoms with van der Waals surface area (Å²) in [5.41, 5.74) is 0.515. The van der Waals surface area contributed by atoms with E-state index in [9.17, 15) is 8.42 Å². The molecule has 1 aromatic carbocycles. The SMILES string of the molecule is COc1cc(C#N)ccc1OCCCCCCS(=O)(=O)Cl. The molecular weight excluding hydrogens is 314 g/mol. The molecule has 0 aliphatic heterocycles. The van der Waals surface area contributed by atoms with Gasteiger partial charge in [0.1, 0.15) is 0 Å². The van der Waals surface area contributed by atoms with Crippen molar-refractivity contribution in [3.63, 3.8) is 0 Å². The zero-order chi connectivity index (χ0) is 15.7. The van der Waals surface area contributed by atoms with E-state index >= 15 is 0 Å². The number of benzene rings is 1. The Bertz CT molecular complexity index is 595. The third-order valence-corrected chi connectivity index (χ3v) is 4.07. The van der Waals surface area contributed by atoms with Gasteiger partial charge >= 0.3 is 0 Å². The van der Waals surface area contributed by atoms with Crippen LogP contribution in [0.4, 0.5) is 0 Å². The first-order chi connectivity index (χ1) is 9.96. The van der Waals surface area contributed by atoms with E-state index in [-0.39, 0.29) is 5.75 Å². The summed E-state index contributed by atoms with van der Waals surface area (Å²) in [7, 11) is 3.27. The second kappa shape index (κ2) is 8.75. The van der Waals surface area contributed by atoms with Crippen molar-refractivity contribution < 1.29 is 17.9 Å². The lowest BCUT2D eigenvalue weighted by Crippen LogP contribution is -2.01. The summed E-state index contributed by atoms with van der Waals surface area (Å²) in [5, 5.41) is 8.80. The van der Waals surface area contributed by atoms with Crippen LogP contribution in [-0.4, -0.2) is 27.9 Å². The summed E-state index contributed by atoms with van der Waals surface area (Å²) in [6, 6.07) is 7.04. The van der Waals surface area contributed by atoms with Gasteiger partial charge in [-0.1, -0.05) is 12.8 Å². The highest BCUT2D eigenvalue weighted by Gasteiger charge is 2.06. The number of methoxy groups -OCH3 is 1. The topological polar surface area (TPSA) is 76.4 Å². The maximum absolute atomic E-state index is 10.7. The minimum absolute atomic E-state index is 0.0128. The zero-order valence-corrected chi connectivity index (χ0v) is 13.4. The Labute approximate surface area is 129 Å². The molecule has 0 spiro atoms. The molecule has 0 atom stereocenters. The lowest BCUT2D eigenvalue weighted by Gasteiger charge is -2.10. The Balaban J connectivity index is 2.29. The quantitative estimate of drug-likeness (QED) is 0.513. The maximum Gasteiger partial charge on any atom is 0.232 e. The number of nitrogens with zero attached hydrogens (tertiary/aromatic N) is 1. The highest BCUT2D eigenvalue weighted by molar-refractivity contribution is 8.13. The van der Waals surface area contributed by atoms with Crippen LogP contribution in [0.5, 0.6) is 11.5 Å². The molecule has 0 aromatic heterocycles. The average molecular weight is 332 g/mol. The lowest BCUT2D eigenvalue weighted by molar-refractivity contribution is 0.285. The summed E-state index contributed by atoms with van der Waals surface area (Å²) in [6.07, 6.45) is 3.03. The Kier molecular flexibility index (Phi) is 7.34. The predicted molar refractivity (Wildman–Crippen MR) is 81.3 cm³/mol. The van der Waals surface area contributed by atoms with Crippen molar-refractivity contribution in [2.24, 2.45) is 0 Å². The van der Waals surface area contributed by atoms with Gasteiger partial charge in [0.15, 0.2) is 11.5 Å². The van der Waals surface area contributed by atoms with Gasteiger partial charge in [-0.2, -0.15) is 5.26 Å².